The van der Waals surface area contributed by atoms with E-state index in [1.165, 1.54) is 19.2 Å². The Labute approximate surface area is 152 Å². The summed E-state index contributed by atoms with van der Waals surface area (Å²) in [6.45, 7) is 0.130. The van der Waals surface area contributed by atoms with Crippen LogP contribution in [-0.2, 0) is 32.6 Å². The topological polar surface area (TPSA) is 104 Å². The minimum atomic E-state index is -3.48. The first-order valence-electron chi connectivity index (χ1n) is 8.00. The summed E-state index contributed by atoms with van der Waals surface area (Å²) >= 11 is 0. The van der Waals surface area contributed by atoms with Crippen LogP contribution in [0.1, 0.15) is 11.1 Å². The first-order chi connectivity index (χ1) is 12.4. The van der Waals surface area contributed by atoms with Crippen molar-refractivity contribution >= 4 is 21.8 Å². The van der Waals surface area contributed by atoms with E-state index in [0.29, 0.717) is 0 Å². The monoisotopic (exact) mass is 375 g/mol. The van der Waals surface area contributed by atoms with Gasteiger partial charge in [-0.2, -0.15) is 0 Å². The average Bonchev–Trinajstić information content (AvgIpc) is 2.66. The Morgan fingerprint density at radius 2 is 1.50 bits per heavy atom. The highest BCUT2D eigenvalue weighted by atomic mass is 32.2. The predicted octanol–water partition coefficient (Wildman–Crippen LogP) is 0.570. The van der Waals surface area contributed by atoms with Crippen LogP contribution in [0.25, 0.3) is 0 Å². The van der Waals surface area contributed by atoms with Gasteiger partial charge < -0.3 is 10.6 Å². The van der Waals surface area contributed by atoms with Crippen molar-refractivity contribution in [2.45, 2.75) is 17.9 Å². The number of sulfonamides is 1. The van der Waals surface area contributed by atoms with Gasteiger partial charge in [-0.25, -0.2) is 13.1 Å². The number of carbonyl (C=O) groups excluding carboxylic acids is 2. The third-order valence-corrected chi connectivity index (χ3v) is 5.08. The van der Waals surface area contributed by atoms with Crippen molar-refractivity contribution in [3.63, 3.8) is 0 Å². The van der Waals surface area contributed by atoms with Crippen LogP contribution in [0, 0.1) is 0 Å². The first kappa shape index (κ1) is 19.6. The molecule has 0 bridgehead atoms. The zero-order valence-electron chi connectivity index (χ0n) is 14.4. The summed E-state index contributed by atoms with van der Waals surface area (Å²) < 4.78 is 25.5. The SMILES string of the molecule is CNS(=O)(=O)c1ccc(CNC(=O)CNC(=O)Cc2ccccc2)cc1. The highest BCUT2D eigenvalue weighted by Gasteiger charge is 2.11. The van der Waals surface area contributed by atoms with Crippen LogP contribution in [0.5, 0.6) is 0 Å². The van der Waals surface area contributed by atoms with E-state index in [0.717, 1.165) is 11.1 Å². The number of rotatable bonds is 8. The Kier molecular flexibility index (Phi) is 6.88. The molecule has 0 aromatic heterocycles. The van der Waals surface area contributed by atoms with Crippen molar-refractivity contribution in [3.8, 4) is 0 Å². The molecule has 0 spiro atoms. The highest BCUT2D eigenvalue weighted by molar-refractivity contribution is 7.89. The van der Waals surface area contributed by atoms with Gasteiger partial charge in [-0.3, -0.25) is 9.59 Å². The van der Waals surface area contributed by atoms with Gasteiger partial charge in [0, 0.05) is 6.54 Å². The number of amides is 2. The average molecular weight is 375 g/mol. The van der Waals surface area contributed by atoms with Crippen LogP contribution in [-0.4, -0.2) is 33.8 Å². The first-order valence-corrected chi connectivity index (χ1v) is 9.49. The van der Waals surface area contributed by atoms with Crippen LogP contribution in [0.4, 0.5) is 0 Å². The normalized spacial score (nSPS) is 11.0. The van der Waals surface area contributed by atoms with Crippen molar-refractivity contribution in [1.29, 1.82) is 0 Å². The van der Waals surface area contributed by atoms with Crippen molar-refractivity contribution in [2.24, 2.45) is 0 Å². The van der Waals surface area contributed by atoms with Gasteiger partial charge in [0.2, 0.25) is 21.8 Å². The summed E-state index contributed by atoms with van der Waals surface area (Å²) in [7, 11) is -2.13. The molecule has 3 N–H and O–H groups in total. The Morgan fingerprint density at radius 3 is 2.12 bits per heavy atom. The maximum atomic E-state index is 11.8. The summed E-state index contributed by atoms with van der Waals surface area (Å²) in [4.78, 5) is 23.8. The zero-order chi connectivity index (χ0) is 19.0. The zero-order valence-corrected chi connectivity index (χ0v) is 15.2. The standard InChI is InChI=1S/C18H21N3O4S/c1-19-26(24,25)16-9-7-15(8-10-16)12-20-18(23)13-21-17(22)11-14-5-3-2-4-6-14/h2-10,19H,11-13H2,1H3,(H,20,23)(H,21,22). The summed E-state index contributed by atoms with van der Waals surface area (Å²) in [6, 6.07) is 15.4. The summed E-state index contributed by atoms with van der Waals surface area (Å²) in [6.07, 6.45) is 0.218. The molecule has 0 fully saturated rings. The molecule has 0 aliphatic rings. The Morgan fingerprint density at radius 1 is 0.846 bits per heavy atom. The second-order valence-electron chi connectivity index (χ2n) is 5.57. The van der Waals surface area contributed by atoms with E-state index in [2.05, 4.69) is 15.4 Å². The van der Waals surface area contributed by atoms with E-state index in [1.54, 1.807) is 12.1 Å². The lowest BCUT2D eigenvalue weighted by Gasteiger charge is -2.08. The summed E-state index contributed by atoms with van der Waals surface area (Å²) in [5.74, 6) is -0.550. The number of carbonyl (C=O) groups is 2. The molecule has 2 rings (SSSR count). The van der Waals surface area contributed by atoms with E-state index in [1.807, 2.05) is 30.3 Å². The lowest BCUT2D eigenvalue weighted by molar-refractivity contribution is -0.125. The minimum Gasteiger partial charge on any atom is -0.350 e. The molecule has 0 radical (unpaired) electrons. The van der Waals surface area contributed by atoms with Gasteiger partial charge in [-0.15, -0.1) is 0 Å². The van der Waals surface area contributed by atoms with Crippen LogP contribution < -0.4 is 15.4 Å². The third-order valence-electron chi connectivity index (χ3n) is 3.65. The molecule has 26 heavy (non-hydrogen) atoms. The number of benzene rings is 2. The third kappa shape index (κ3) is 5.98. The molecule has 0 saturated carbocycles. The lowest BCUT2D eigenvalue weighted by Crippen LogP contribution is -2.37. The molecule has 138 valence electrons. The lowest BCUT2D eigenvalue weighted by atomic mass is 10.1. The fourth-order valence-corrected chi connectivity index (χ4v) is 2.92. The van der Waals surface area contributed by atoms with E-state index in [-0.39, 0.29) is 36.2 Å². The van der Waals surface area contributed by atoms with E-state index >= 15 is 0 Å². The summed E-state index contributed by atoms with van der Waals surface area (Å²) in [5.41, 5.74) is 1.63. The quantitative estimate of drug-likeness (QED) is 0.627. The second kappa shape index (κ2) is 9.12. The largest absolute Gasteiger partial charge is 0.350 e. The maximum Gasteiger partial charge on any atom is 0.240 e. The van der Waals surface area contributed by atoms with Gasteiger partial charge >= 0.3 is 0 Å². The van der Waals surface area contributed by atoms with Gasteiger partial charge in [0.25, 0.3) is 0 Å². The van der Waals surface area contributed by atoms with Gasteiger partial charge in [-0.05, 0) is 30.3 Å². The smallest absolute Gasteiger partial charge is 0.240 e. The van der Waals surface area contributed by atoms with Crippen molar-refractivity contribution in [3.05, 3.63) is 65.7 Å². The van der Waals surface area contributed by atoms with Crippen molar-refractivity contribution < 1.29 is 18.0 Å². The van der Waals surface area contributed by atoms with Crippen LogP contribution in [0.2, 0.25) is 0 Å². The molecule has 0 aliphatic carbocycles. The Balaban J connectivity index is 1.75. The number of hydrogen-bond acceptors (Lipinski definition) is 4. The fraction of sp³-hybridized carbons (Fsp3) is 0.222. The summed E-state index contributed by atoms with van der Waals surface area (Å²) in [5, 5.41) is 5.24. The highest BCUT2D eigenvalue weighted by Crippen LogP contribution is 2.09. The van der Waals surface area contributed by atoms with Crippen molar-refractivity contribution in [2.75, 3.05) is 13.6 Å². The number of nitrogens with one attached hydrogen (secondary N) is 3. The molecule has 2 amide bonds. The second-order valence-corrected chi connectivity index (χ2v) is 7.45. The van der Waals surface area contributed by atoms with Gasteiger partial charge in [-0.1, -0.05) is 42.5 Å². The molecular weight excluding hydrogens is 354 g/mol. The van der Waals surface area contributed by atoms with Crippen LogP contribution in [0.3, 0.4) is 0 Å². The van der Waals surface area contributed by atoms with Gasteiger partial charge in [0.05, 0.1) is 17.9 Å². The molecule has 2 aromatic carbocycles. The molecule has 0 aliphatic heterocycles. The molecule has 2 aromatic rings. The van der Waals surface area contributed by atoms with Crippen LogP contribution >= 0.6 is 0 Å². The molecule has 8 heteroatoms. The minimum absolute atomic E-state index is 0.113. The molecular formula is C18H21N3O4S. The van der Waals surface area contributed by atoms with Crippen LogP contribution in [0.15, 0.2) is 59.5 Å². The Bertz CT molecular complexity index is 850. The molecule has 0 unspecified atom stereocenters. The fourth-order valence-electron chi connectivity index (χ4n) is 2.19. The van der Waals surface area contributed by atoms with Crippen molar-refractivity contribution in [1.82, 2.24) is 15.4 Å². The predicted molar refractivity (Wildman–Crippen MR) is 97.7 cm³/mol. The van der Waals surface area contributed by atoms with Gasteiger partial charge in [0.15, 0.2) is 0 Å². The maximum absolute atomic E-state index is 11.8. The van der Waals surface area contributed by atoms with Gasteiger partial charge in [0.1, 0.15) is 0 Å². The van der Waals surface area contributed by atoms with E-state index < -0.39 is 10.0 Å². The molecule has 0 atom stereocenters. The number of hydrogen-bond donors (Lipinski definition) is 3. The van der Waals surface area contributed by atoms with E-state index in [9.17, 15) is 18.0 Å². The van der Waals surface area contributed by atoms with E-state index in [4.69, 9.17) is 0 Å². The molecule has 0 heterocycles. The Hall–Kier alpha value is -2.71. The molecule has 0 saturated heterocycles. The molecule has 7 nitrogen and oxygen atoms in total.